The first-order chi connectivity index (χ1) is 23.8. The largest absolute Gasteiger partial charge is 0.472 e. The van der Waals surface area contributed by atoms with E-state index >= 15 is 0 Å². The summed E-state index contributed by atoms with van der Waals surface area (Å²) < 4.78 is 22.7. The van der Waals surface area contributed by atoms with Crippen molar-refractivity contribution in [1.82, 2.24) is 5.32 Å². The van der Waals surface area contributed by atoms with E-state index in [1.54, 1.807) is 6.08 Å². The third-order valence-electron chi connectivity index (χ3n) is 9.37. The first kappa shape index (κ1) is 47.1. The molecule has 0 aliphatic heterocycles. The van der Waals surface area contributed by atoms with Crippen molar-refractivity contribution in [1.29, 1.82) is 0 Å². The Balaban J connectivity index is 2.68. The van der Waals surface area contributed by atoms with Crippen molar-refractivity contribution in [2.45, 2.75) is 204 Å². The van der Waals surface area contributed by atoms with Crippen molar-refractivity contribution in [3.05, 3.63) is 12.2 Å². The number of hydrogen-bond donors (Lipinski definition) is 9. The lowest BCUT2D eigenvalue weighted by atomic mass is 9.85. The standard InChI is InChI=1S/C36H70NO12P/c1-3-5-7-9-11-12-13-14-15-16-18-20-22-24-29(39)28(37-30(40)25-27(38)23-21-19-17-10-8-6-4-2)26-48-50(46,47)49-36-34(44)32(42)31(41)33(43)35(36)45/h22,24,27-29,31-36,38-39,41-45H,3-21,23,25-26H2,1-2H3,(H,37,40)(H,46,47)/b24-22+. The van der Waals surface area contributed by atoms with Gasteiger partial charge < -0.3 is 46.0 Å². The van der Waals surface area contributed by atoms with Crippen LogP contribution < -0.4 is 5.32 Å². The zero-order chi connectivity index (χ0) is 37.4. The second kappa shape index (κ2) is 27.6. The molecule has 0 spiro atoms. The van der Waals surface area contributed by atoms with Gasteiger partial charge in [0.1, 0.15) is 36.6 Å². The third kappa shape index (κ3) is 20.3. The molecule has 8 atom stereocenters. The summed E-state index contributed by atoms with van der Waals surface area (Å²) in [5.41, 5.74) is 0. The van der Waals surface area contributed by atoms with E-state index < -0.39 is 75.2 Å². The molecule has 0 aromatic rings. The lowest BCUT2D eigenvalue weighted by Gasteiger charge is -2.41. The van der Waals surface area contributed by atoms with Crippen molar-refractivity contribution < 1.29 is 59.0 Å². The molecule has 1 fully saturated rings. The first-order valence-electron chi connectivity index (χ1n) is 19.2. The summed E-state index contributed by atoms with van der Waals surface area (Å²) in [5.74, 6) is -0.598. The predicted molar refractivity (Wildman–Crippen MR) is 192 cm³/mol. The number of rotatable bonds is 30. The number of carbonyl (C=O) groups excluding carboxylic acids is 1. The van der Waals surface area contributed by atoms with Crippen molar-refractivity contribution in [2.75, 3.05) is 6.61 Å². The fraction of sp³-hybridized carbons (Fsp3) is 0.917. The van der Waals surface area contributed by atoms with Gasteiger partial charge in [-0.15, -0.1) is 0 Å². The van der Waals surface area contributed by atoms with E-state index in [1.807, 2.05) is 0 Å². The van der Waals surface area contributed by atoms with Gasteiger partial charge >= 0.3 is 7.82 Å². The number of amides is 1. The number of aliphatic hydroxyl groups is 7. The molecule has 13 nitrogen and oxygen atoms in total. The smallest absolute Gasteiger partial charge is 0.393 e. The highest BCUT2D eigenvalue weighted by molar-refractivity contribution is 7.47. The van der Waals surface area contributed by atoms with E-state index in [2.05, 4.69) is 19.2 Å². The van der Waals surface area contributed by atoms with Crippen molar-refractivity contribution >= 4 is 13.7 Å². The van der Waals surface area contributed by atoms with Gasteiger partial charge in [-0.2, -0.15) is 0 Å². The summed E-state index contributed by atoms with van der Waals surface area (Å²) in [6, 6.07) is -1.23. The van der Waals surface area contributed by atoms with E-state index in [9.17, 15) is 50.0 Å². The fourth-order valence-electron chi connectivity index (χ4n) is 6.12. The highest BCUT2D eigenvalue weighted by atomic mass is 31.2. The molecular formula is C36H70NO12P. The Hall–Kier alpha value is -0.960. The van der Waals surface area contributed by atoms with Crippen molar-refractivity contribution in [2.24, 2.45) is 0 Å². The average molecular weight is 740 g/mol. The Bertz CT molecular complexity index is 927. The number of phosphoric ester groups is 1. The number of carbonyl (C=O) groups is 1. The summed E-state index contributed by atoms with van der Waals surface area (Å²) in [7, 11) is -5.12. The molecule has 14 heteroatoms. The number of phosphoric acid groups is 1. The summed E-state index contributed by atoms with van der Waals surface area (Å²) in [6.07, 6.45) is 10.6. The Labute approximate surface area is 300 Å². The van der Waals surface area contributed by atoms with Crippen molar-refractivity contribution in [3.63, 3.8) is 0 Å². The minimum Gasteiger partial charge on any atom is -0.393 e. The summed E-state index contributed by atoms with van der Waals surface area (Å²) in [6.45, 7) is 3.64. The quantitative estimate of drug-likeness (QED) is 0.0286. The lowest BCUT2D eigenvalue weighted by molar-refractivity contribution is -0.220. The van der Waals surface area contributed by atoms with Gasteiger partial charge in [-0.3, -0.25) is 13.8 Å². The van der Waals surface area contributed by atoms with Crippen LogP contribution in [0.25, 0.3) is 0 Å². The second-order valence-corrected chi connectivity index (χ2v) is 15.4. The highest BCUT2D eigenvalue weighted by Crippen LogP contribution is 2.47. The second-order valence-electron chi connectivity index (χ2n) is 14.0. The van der Waals surface area contributed by atoms with Crippen LogP contribution in [0, 0.1) is 0 Å². The van der Waals surface area contributed by atoms with Crippen LogP contribution in [-0.4, -0.2) is 108 Å². The molecule has 296 valence electrons. The Kier molecular flexibility index (Phi) is 26.0. The van der Waals surface area contributed by atoms with E-state index in [-0.39, 0.29) is 6.42 Å². The van der Waals surface area contributed by atoms with Gasteiger partial charge in [0, 0.05) is 0 Å². The molecule has 0 saturated heterocycles. The minimum absolute atomic E-state index is 0.243. The van der Waals surface area contributed by atoms with Crippen LogP contribution in [0.15, 0.2) is 12.2 Å². The average Bonchev–Trinajstić information content (AvgIpc) is 3.08. The van der Waals surface area contributed by atoms with E-state index in [1.165, 1.54) is 76.7 Å². The lowest BCUT2D eigenvalue weighted by Crippen LogP contribution is -2.64. The molecule has 0 bridgehead atoms. The molecule has 0 heterocycles. The Morgan fingerprint density at radius 2 is 1.14 bits per heavy atom. The number of hydrogen-bond acceptors (Lipinski definition) is 11. The number of nitrogens with one attached hydrogen (secondary N) is 1. The SMILES string of the molecule is CCCCCCCCCCCCC/C=C/C(O)C(COP(=O)(O)OC1C(O)C(O)C(O)C(O)C1O)NC(=O)CC(O)CCCCCCCCC. The third-order valence-corrected chi connectivity index (χ3v) is 10.4. The van der Waals surface area contributed by atoms with Gasteiger partial charge in [-0.1, -0.05) is 135 Å². The number of unbranched alkanes of at least 4 members (excludes halogenated alkanes) is 17. The van der Waals surface area contributed by atoms with Crippen LogP contribution in [-0.2, 0) is 18.4 Å². The van der Waals surface area contributed by atoms with Crippen LogP contribution in [0.2, 0.25) is 0 Å². The van der Waals surface area contributed by atoms with Gasteiger partial charge in [0.2, 0.25) is 5.91 Å². The normalized spacial score (nSPS) is 25.7. The first-order valence-corrected chi connectivity index (χ1v) is 20.7. The van der Waals surface area contributed by atoms with E-state index in [0.29, 0.717) is 12.8 Å². The van der Waals surface area contributed by atoms with E-state index in [4.69, 9.17) is 9.05 Å². The highest BCUT2D eigenvalue weighted by Gasteiger charge is 2.51. The number of aliphatic hydroxyl groups excluding tert-OH is 7. The summed E-state index contributed by atoms with van der Waals surface area (Å²) in [5, 5.41) is 73.8. The topological polar surface area (TPSA) is 226 Å². The molecule has 9 N–H and O–H groups in total. The van der Waals surface area contributed by atoms with Gasteiger partial charge in [0.25, 0.3) is 0 Å². The maximum absolute atomic E-state index is 12.8. The summed E-state index contributed by atoms with van der Waals surface area (Å²) in [4.78, 5) is 23.2. The molecule has 1 aliphatic carbocycles. The maximum atomic E-state index is 12.8. The fourth-order valence-corrected chi connectivity index (χ4v) is 7.09. The Morgan fingerprint density at radius 1 is 0.700 bits per heavy atom. The van der Waals surface area contributed by atoms with Crippen LogP contribution >= 0.6 is 7.82 Å². The Morgan fingerprint density at radius 3 is 1.64 bits per heavy atom. The van der Waals surface area contributed by atoms with Crippen LogP contribution in [0.4, 0.5) is 0 Å². The molecule has 0 aromatic carbocycles. The molecular weight excluding hydrogens is 669 g/mol. The molecule has 1 saturated carbocycles. The maximum Gasteiger partial charge on any atom is 0.472 e. The van der Waals surface area contributed by atoms with Crippen LogP contribution in [0.5, 0.6) is 0 Å². The zero-order valence-corrected chi connectivity index (χ0v) is 31.5. The summed E-state index contributed by atoms with van der Waals surface area (Å²) >= 11 is 0. The van der Waals surface area contributed by atoms with Gasteiger partial charge in [-0.25, -0.2) is 4.57 Å². The van der Waals surface area contributed by atoms with Gasteiger partial charge in [0.15, 0.2) is 0 Å². The van der Waals surface area contributed by atoms with Crippen LogP contribution in [0.1, 0.15) is 149 Å². The molecule has 0 aromatic heterocycles. The van der Waals surface area contributed by atoms with Crippen molar-refractivity contribution in [3.8, 4) is 0 Å². The molecule has 8 unspecified atom stereocenters. The molecule has 1 rings (SSSR count). The molecule has 0 radical (unpaired) electrons. The predicted octanol–water partition coefficient (Wildman–Crippen LogP) is 4.30. The molecule has 1 amide bonds. The monoisotopic (exact) mass is 739 g/mol. The molecule has 50 heavy (non-hydrogen) atoms. The van der Waals surface area contributed by atoms with Crippen LogP contribution in [0.3, 0.4) is 0 Å². The van der Waals surface area contributed by atoms with Gasteiger partial charge in [-0.05, 0) is 19.3 Å². The van der Waals surface area contributed by atoms with Gasteiger partial charge in [0.05, 0.1) is 31.3 Å². The zero-order valence-electron chi connectivity index (χ0n) is 30.6. The van der Waals surface area contributed by atoms with E-state index in [0.717, 1.165) is 44.9 Å². The minimum atomic E-state index is -5.12. The number of allylic oxidation sites excluding steroid dienone is 1. The molecule has 1 aliphatic rings.